The van der Waals surface area contributed by atoms with Crippen LogP contribution < -0.4 is 0 Å². The summed E-state index contributed by atoms with van der Waals surface area (Å²) in [5.41, 5.74) is 0.539. The lowest BCUT2D eigenvalue weighted by molar-refractivity contribution is -0.166. The molecule has 0 amide bonds. The van der Waals surface area contributed by atoms with Crippen molar-refractivity contribution in [1.29, 1.82) is 0 Å². The van der Waals surface area contributed by atoms with E-state index in [2.05, 4.69) is 0 Å². The molecule has 0 bridgehead atoms. The third-order valence-corrected chi connectivity index (χ3v) is 5.22. The highest BCUT2D eigenvalue weighted by Gasteiger charge is 2.58. The molecular formula is C24H23F3. The van der Waals surface area contributed by atoms with E-state index in [1.165, 1.54) is 0 Å². The molecule has 0 aliphatic rings. The van der Waals surface area contributed by atoms with E-state index in [0.29, 0.717) is 0 Å². The van der Waals surface area contributed by atoms with Gasteiger partial charge in [-0.1, -0.05) is 92.7 Å². The van der Waals surface area contributed by atoms with E-state index < -0.39 is 11.6 Å². The number of hydrogen-bond acceptors (Lipinski definition) is 0. The molecule has 0 heterocycles. The van der Waals surface area contributed by atoms with Crippen LogP contribution in [0.15, 0.2) is 78.9 Å². The Labute approximate surface area is 158 Å². The fourth-order valence-electron chi connectivity index (χ4n) is 3.66. The molecule has 140 valence electrons. The Balaban J connectivity index is 2.34. The molecule has 0 radical (unpaired) electrons. The molecule has 0 unspecified atom stereocenters. The number of benzene rings is 3. The van der Waals surface area contributed by atoms with Gasteiger partial charge in [-0.2, -0.15) is 13.2 Å². The van der Waals surface area contributed by atoms with Gasteiger partial charge in [0.05, 0.1) is 0 Å². The zero-order chi connectivity index (χ0) is 19.5. The molecule has 3 heteroatoms. The molecule has 0 atom stereocenters. The highest BCUT2D eigenvalue weighted by molar-refractivity contribution is 5.53. The Bertz CT molecular complexity index is 813. The minimum Gasteiger partial charge on any atom is -0.169 e. The summed E-state index contributed by atoms with van der Waals surface area (Å²) in [4.78, 5) is 0. The summed E-state index contributed by atoms with van der Waals surface area (Å²) in [7, 11) is 0. The van der Waals surface area contributed by atoms with E-state index in [4.69, 9.17) is 0 Å². The van der Waals surface area contributed by atoms with Crippen molar-refractivity contribution < 1.29 is 13.2 Å². The SMILES string of the molecule is CCc1ccc(C(c2ccccc2)(c2ccc(CC)cc2)C(F)(F)F)cc1. The highest BCUT2D eigenvalue weighted by atomic mass is 19.4. The number of aryl methyl sites for hydroxylation is 2. The number of halogens is 3. The summed E-state index contributed by atoms with van der Waals surface area (Å²) in [5, 5.41) is 0. The van der Waals surface area contributed by atoms with E-state index in [1.54, 1.807) is 78.9 Å². The Morgan fingerprint density at radius 3 is 1.26 bits per heavy atom. The monoisotopic (exact) mass is 368 g/mol. The molecule has 3 aromatic rings. The van der Waals surface area contributed by atoms with E-state index >= 15 is 0 Å². The van der Waals surface area contributed by atoms with Gasteiger partial charge in [0.2, 0.25) is 0 Å². The first-order chi connectivity index (χ1) is 12.9. The second-order valence-corrected chi connectivity index (χ2v) is 6.71. The van der Waals surface area contributed by atoms with Gasteiger partial charge in [-0.25, -0.2) is 0 Å². The van der Waals surface area contributed by atoms with Crippen molar-refractivity contribution in [2.45, 2.75) is 38.3 Å². The van der Waals surface area contributed by atoms with Gasteiger partial charge in [-0.05, 0) is 40.7 Å². The van der Waals surface area contributed by atoms with Gasteiger partial charge in [-0.3, -0.25) is 0 Å². The summed E-state index contributed by atoms with van der Waals surface area (Å²) < 4.78 is 44.4. The van der Waals surface area contributed by atoms with E-state index in [1.807, 2.05) is 13.8 Å². The zero-order valence-corrected chi connectivity index (χ0v) is 15.6. The Kier molecular flexibility index (Phi) is 5.41. The van der Waals surface area contributed by atoms with Crippen molar-refractivity contribution in [2.24, 2.45) is 0 Å². The number of hydrogen-bond donors (Lipinski definition) is 0. The summed E-state index contributed by atoms with van der Waals surface area (Å²) in [5.74, 6) is 0. The van der Waals surface area contributed by atoms with E-state index in [0.717, 1.165) is 24.0 Å². The van der Waals surface area contributed by atoms with Crippen LogP contribution in [0.3, 0.4) is 0 Å². The van der Waals surface area contributed by atoms with Gasteiger partial charge in [0.25, 0.3) is 0 Å². The second-order valence-electron chi connectivity index (χ2n) is 6.71. The molecule has 27 heavy (non-hydrogen) atoms. The van der Waals surface area contributed by atoms with Crippen molar-refractivity contribution in [2.75, 3.05) is 0 Å². The summed E-state index contributed by atoms with van der Waals surface area (Å²) in [6.45, 7) is 3.99. The molecule has 0 fully saturated rings. The van der Waals surface area contributed by atoms with Crippen LogP contribution in [0.25, 0.3) is 0 Å². The first-order valence-corrected chi connectivity index (χ1v) is 9.24. The van der Waals surface area contributed by atoms with Crippen molar-refractivity contribution in [3.8, 4) is 0 Å². The van der Waals surface area contributed by atoms with Crippen LogP contribution in [0.4, 0.5) is 13.2 Å². The lowest BCUT2D eigenvalue weighted by Gasteiger charge is -2.37. The van der Waals surface area contributed by atoms with Gasteiger partial charge in [0.1, 0.15) is 5.41 Å². The maximum absolute atomic E-state index is 14.8. The number of alkyl halides is 3. The molecule has 0 saturated heterocycles. The van der Waals surface area contributed by atoms with Gasteiger partial charge in [0, 0.05) is 0 Å². The van der Waals surface area contributed by atoms with Crippen molar-refractivity contribution in [3.05, 3.63) is 107 Å². The predicted octanol–water partition coefficient (Wildman–Crippen LogP) is 6.71. The first kappa shape index (κ1) is 19.2. The van der Waals surface area contributed by atoms with Crippen molar-refractivity contribution in [3.63, 3.8) is 0 Å². The Morgan fingerprint density at radius 2 is 0.926 bits per heavy atom. The fourth-order valence-corrected chi connectivity index (χ4v) is 3.66. The van der Waals surface area contributed by atoms with Crippen LogP contribution in [-0.4, -0.2) is 6.18 Å². The maximum Gasteiger partial charge on any atom is 0.406 e. The molecular weight excluding hydrogens is 345 g/mol. The second kappa shape index (κ2) is 7.59. The molecule has 0 saturated carbocycles. The maximum atomic E-state index is 14.8. The van der Waals surface area contributed by atoms with Crippen molar-refractivity contribution >= 4 is 0 Å². The van der Waals surface area contributed by atoms with Gasteiger partial charge < -0.3 is 0 Å². The topological polar surface area (TPSA) is 0 Å². The van der Waals surface area contributed by atoms with Crippen LogP contribution in [0.2, 0.25) is 0 Å². The van der Waals surface area contributed by atoms with Crippen LogP contribution in [0.1, 0.15) is 41.7 Å². The third kappa shape index (κ3) is 3.39. The molecule has 0 aliphatic heterocycles. The van der Waals surface area contributed by atoms with E-state index in [9.17, 15) is 13.2 Å². The fraction of sp³-hybridized carbons (Fsp3) is 0.250. The van der Waals surface area contributed by atoms with Crippen LogP contribution >= 0.6 is 0 Å². The Hall–Kier alpha value is -2.55. The molecule has 3 rings (SSSR count). The highest BCUT2D eigenvalue weighted by Crippen LogP contribution is 2.51. The average molecular weight is 368 g/mol. The van der Waals surface area contributed by atoms with Crippen LogP contribution in [0.5, 0.6) is 0 Å². The molecule has 0 spiro atoms. The zero-order valence-electron chi connectivity index (χ0n) is 15.6. The van der Waals surface area contributed by atoms with Gasteiger partial charge in [-0.15, -0.1) is 0 Å². The van der Waals surface area contributed by atoms with E-state index in [-0.39, 0.29) is 16.7 Å². The van der Waals surface area contributed by atoms with Crippen molar-refractivity contribution in [1.82, 2.24) is 0 Å². The molecule has 0 aromatic heterocycles. The first-order valence-electron chi connectivity index (χ1n) is 9.24. The van der Waals surface area contributed by atoms with Crippen LogP contribution in [0, 0.1) is 0 Å². The molecule has 3 aromatic carbocycles. The summed E-state index contributed by atoms with van der Waals surface area (Å²) >= 11 is 0. The van der Waals surface area contributed by atoms with Crippen LogP contribution in [-0.2, 0) is 18.3 Å². The quantitative estimate of drug-likeness (QED) is 0.439. The number of rotatable bonds is 5. The summed E-state index contributed by atoms with van der Waals surface area (Å²) in [6.07, 6.45) is -2.92. The Morgan fingerprint density at radius 1 is 0.556 bits per heavy atom. The lowest BCUT2D eigenvalue weighted by atomic mass is 9.68. The minimum absolute atomic E-state index is 0.228. The third-order valence-electron chi connectivity index (χ3n) is 5.22. The largest absolute Gasteiger partial charge is 0.406 e. The van der Waals surface area contributed by atoms with Gasteiger partial charge >= 0.3 is 6.18 Å². The predicted molar refractivity (Wildman–Crippen MR) is 104 cm³/mol. The molecule has 0 nitrogen and oxygen atoms in total. The summed E-state index contributed by atoms with van der Waals surface area (Å²) in [6, 6.07) is 21.8. The molecule has 0 aliphatic carbocycles. The molecule has 0 N–H and O–H groups in total. The normalized spacial score (nSPS) is 12.2. The minimum atomic E-state index is -4.49. The lowest BCUT2D eigenvalue weighted by Crippen LogP contribution is -2.44. The average Bonchev–Trinajstić information content (AvgIpc) is 2.69. The standard InChI is InChI=1S/C24H23F3/c1-3-18-10-14-21(15-11-18)23(24(25,26)27,20-8-6-5-7-9-20)22-16-12-19(4-2)13-17-22/h5-17H,3-4H2,1-2H3. The van der Waals surface area contributed by atoms with Gasteiger partial charge in [0.15, 0.2) is 0 Å². The smallest absolute Gasteiger partial charge is 0.169 e.